The standard InChI is InChI=1S/C59H69N9O14/c1-33(2)53(64-63-50(70)29-62-49(69)17-18-65-51(71)15-16-52(65)72)55(74)54(73)37(6)60-27-38-11-13-39(14-12-38)32-82-59(78)68-44-26-48(47(79-7)24-42(44)57(76)67-31-35(4)22-45(67)58(68)77)81-20-10-8-9-19-80-46-25-43-41(23-36(46)5)56(75)66-30-34(3)21-40(66)28-61-43/h11-16,23-26,28,30-31,33,37,40,45,53,58,60,64,77H,8-10,17-22,27,29,32H2,1-7H3,(H,62,69)(H,63,70)/t37?,40-,45-,53-,58-/m0/s1. The van der Waals surface area contributed by atoms with Crippen molar-refractivity contribution in [3.05, 3.63) is 112 Å². The van der Waals surface area contributed by atoms with E-state index in [4.69, 9.17) is 18.9 Å². The van der Waals surface area contributed by atoms with E-state index in [1.807, 2.05) is 45.3 Å². The molecule has 0 aromatic heterocycles. The zero-order valence-electron chi connectivity index (χ0n) is 46.9. The molecular weight excluding hydrogens is 1060 g/mol. The molecule has 3 aromatic carbocycles. The zero-order chi connectivity index (χ0) is 58.9. The average Bonchev–Trinajstić information content (AvgIpc) is 2.99. The maximum Gasteiger partial charge on any atom is 0.416 e. The Morgan fingerprint density at radius 2 is 1.41 bits per heavy atom. The lowest BCUT2D eigenvalue weighted by atomic mass is 9.95. The number of ketones is 2. The second-order valence-corrected chi connectivity index (χ2v) is 21.2. The molecule has 1 unspecified atom stereocenters. The highest BCUT2D eigenvalue weighted by Gasteiger charge is 2.45. The molecule has 82 heavy (non-hydrogen) atoms. The number of hydrogen-bond acceptors (Lipinski definition) is 17. The molecule has 5 heterocycles. The minimum absolute atomic E-state index is 0.0785. The Kier molecular flexibility index (Phi) is 19.2. The molecule has 0 saturated carbocycles. The maximum absolute atomic E-state index is 14.2. The molecule has 0 bridgehead atoms. The Hall–Kier alpha value is -8.54. The molecule has 8 rings (SSSR count). The summed E-state index contributed by atoms with van der Waals surface area (Å²) in [7, 11) is 1.45. The number of methoxy groups -OCH3 is 1. The van der Waals surface area contributed by atoms with Crippen LogP contribution in [-0.2, 0) is 46.7 Å². The Bertz CT molecular complexity index is 3130. The van der Waals surface area contributed by atoms with Crippen LogP contribution in [0.1, 0.15) is 111 Å². The first-order valence-corrected chi connectivity index (χ1v) is 27.3. The number of fused-ring (bicyclic) bond motifs is 4. The first-order chi connectivity index (χ1) is 39.2. The van der Waals surface area contributed by atoms with Crippen molar-refractivity contribution in [2.75, 3.05) is 38.3 Å². The number of Topliss-reactive ketones (excluding diaryl/α,β-unsaturated/α-hetero) is 2. The quantitative estimate of drug-likeness (QED) is 0.0331. The van der Waals surface area contributed by atoms with Crippen molar-refractivity contribution in [1.29, 1.82) is 0 Å². The second-order valence-electron chi connectivity index (χ2n) is 21.2. The van der Waals surface area contributed by atoms with E-state index < -0.39 is 84.0 Å². The fourth-order valence-corrected chi connectivity index (χ4v) is 10.0. The number of imide groups is 1. The van der Waals surface area contributed by atoms with Gasteiger partial charge in [-0.25, -0.2) is 15.1 Å². The molecule has 3 aromatic rings. The summed E-state index contributed by atoms with van der Waals surface area (Å²) in [4.78, 5) is 126. The number of aliphatic hydroxyl groups is 1. The number of aryl methyl sites for hydroxylation is 1. The summed E-state index contributed by atoms with van der Waals surface area (Å²) in [5, 5.41) is 17.3. The largest absolute Gasteiger partial charge is 0.493 e. The lowest BCUT2D eigenvalue weighted by Gasteiger charge is -2.31. The van der Waals surface area contributed by atoms with E-state index in [1.165, 1.54) is 31.1 Å². The van der Waals surface area contributed by atoms with Crippen LogP contribution in [0.15, 0.2) is 89.2 Å². The maximum atomic E-state index is 14.2. The van der Waals surface area contributed by atoms with Crippen molar-refractivity contribution in [2.24, 2.45) is 10.9 Å². The highest BCUT2D eigenvalue weighted by atomic mass is 16.6. The summed E-state index contributed by atoms with van der Waals surface area (Å²) in [5.74, 6) is -3.65. The van der Waals surface area contributed by atoms with Gasteiger partial charge in [0.25, 0.3) is 29.5 Å². The number of unbranched alkanes of at least 4 members (excludes halogenated alkanes) is 2. The molecule has 0 saturated heterocycles. The van der Waals surface area contributed by atoms with Gasteiger partial charge in [0.05, 0.1) is 73.5 Å². The lowest BCUT2D eigenvalue weighted by Crippen LogP contribution is -2.56. The Morgan fingerprint density at radius 1 is 0.756 bits per heavy atom. The van der Waals surface area contributed by atoms with Gasteiger partial charge in [-0.15, -0.1) is 0 Å². The van der Waals surface area contributed by atoms with Crippen LogP contribution in [0.2, 0.25) is 0 Å². The number of nitrogens with one attached hydrogen (secondary N) is 4. The van der Waals surface area contributed by atoms with E-state index in [1.54, 1.807) is 49.2 Å². The molecule has 23 nitrogen and oxygen atoms in total. The molecule has 0 radical (unpaired) electrons. The highest BCUT2D eigenvalue weighted by molar-refractivity contribution is 6.41. The molecule has 0 aliphatic carbocycles. The van der Waals surface area contributed by atoms with Crippen LogP contribution in [0.3, 0.4) is 0 Å². The normalized spacial score (nSPS) is 18.7. The number of aliphatic hydroxyl groups excluding tert-OH is 1. The Balaban J connectivity index is 0.816. The third-order valence-corrected chi connectivity index (χ3v) is 14.6. The number of nitrogens with zero attached hydrogens (tertiary/aromatic N) is 5. The second kappa shape index (κ2) is 26.4. The Labute approximate surface area is 474 Å². The summed E-state index contributed by atoms with van der Waals surface area (Å²) < 4.78 is 23.9. The van der Waals surface area contributed by atoms with Crippen molar-refractivity contribution in [2.45, 2.75) is 124 Å². The molecule has 23 heteroatoms. The topological polar surface area (TPSA) is 284 Å². The summed E-state index contributed by atoms with van der Waals surface area (Å²) in [5.41, 5.74) is 10.4. The Morgan fingerprint density at radius 3 is 2.11 bits per heavy atom. The molecule has 0 fully saturated rings. The summed E-state index contributed by atoms with van der Waals surface area (Å²) in [6, 6.07) is 10.7. The van der Waals surface area contributed by atoms with Gasteiger partial charge in [0.1, 0.15) is 12.4 Å². The van der Waals surface area contributed by atoms with Crippen molar-refractivity contribution >= 4 is 70.7 Å². The third kappa shape index (κ3) is 13.8. The van der Waals surface area contributed by atoms with Gasteiger partial charge in [0.2, 0.25) is 17.5 Å². The summed E-state index contributed by atoms with van der Waals surface area (Å²) in [6.45, 7) is 10.7. The highest BCUT2D eigenvalue weighted by Crippen LogP contribution is 2.42. The van der Waals surface area contributed by atoms with Gasteiger partial charge >= 0.3 is 6.09 Å². The van der Waals surface area contributed by atoms with Gasteiger partial charge < -0.3 is 44.5 Å². The van der Waals surface area contributed by atoms with Crippen LogP contribution in [0.5, 0.6) is 17.2 Å². The van der Waals surface area contributed by atoms with E-state index >= 15 is 0 Å². The van der Waals surface area contributed by atoms with Crippen LogP contribution in [0.25, 0.3) is 0 Å². The van der Waals surface area contributed by atoms with Gasteiger partial charge in [-0.3, -0.25) is 53.7 Å². The predicted molar refractivity (Wildman–Crippen MR) is 299 cm³/mol. The van der Waals surface area contributed by atoms with E-state index in [9.17, 15) is 48.3 Å². The van der Waals surface area contributed by atoms with E-state index in [0.717, 1.165) is 57.1 Å². The first kappa shape index (κ1) is 59.6. The van der Waals surface area contributed by atoms with Gasteiger partial charge in [0, 0.05) is 62.4 Å². The predicted octanol–water partition coefficient (Wildman–Crippen LogP) is 4.75. The average molecular weight is 1130 g/mol. The molecule has 5 aliphatic heterocycles. The van der Waals surface area contributed by atoms with Crippen molar-refractivity contribution in [3.8, 4) is 17.2 Å². The first-order valence-electron chi connectivity index (χ1n) is 27.3. The number of carbonyl (C=O) groups excluding carboxylic acids is 9. The van der Waals surface area contributed by atoms with E-state index in [2.05, 4.69) is 26.5 Å². The van der Waals surface area contributed by atoms with E-state index in [-0.39, 0.29) is 67.4 Å². The summed E-state index contributed by atoms with van der Waals surface area (Å²) >= 11 is 0. The number of hydrazine groups is 1. The van der Waals surface area contributed by atoms with E-state index in [0.29, 0.717) is 48.4 Å². The smallest absolute Gasteiger partial charge is 0.416 e. The molecule has 7 amide bonds. The van der Waals surface area contributed by atoms with Crippen LogP contribution < -0.4 is 40.6 Å². The number of benzene rings is 3. The molecule has 0 spiro atoms. The fourth-order valence-electron chi connectivity index (χ4n) is 10.0. The van der Waals surface area contributed by atoms with Crippen LogP contribution in [-0.4, -0.2) is 143 Å². The number of carbonyl (C=O) groups is 9. The van der Waals surface area contributed by atoms with Crippen molar-refractivity contribution in [1.82, 2.24) is 36.2 Å². The molecule has 5 aliphatic rings. The van der Waals surface area contributed by atoms with Gasteiger partial charge in [-0.05, 0) is 94.5 Å². The number of anilines is 1. The number of ether oxygens (including phenoxy) is 4. The minimum Gasteiger partial charge on any atom is -0.493 e. The lowest BCUT2D eigenvalue weighted by molar-refractivity contribution is -0.140. The molecular formula is C59H69N9O14. The molecule has 434 valence electrons. The monoisotopic (exact) mass is 1130 g/mol. The summed E-state index contributed by atoms with van der Waals surface area (Å²) in [6.07, 6.45) is 8.06. The van der Waals surface area contributed by atoms with Gasteiger partial charge in [0.15, 0.2) is 17.7 Å². The van der Waals surface area contributed by atoms with Crippen LogP contribution >= 0.6 is 0 Å². The SMILES string of the molecule is COc1cc2c(cc1OCCCCCOc1cc3c(cc1C)C(=O)N1C=C(C)C[C@H]1C=N3)N(C(=O)OCc1ccc(CNC(C)C(=O)C(=O)[C@@H](NNC(=O)CNC(=O)CCN3C(=O)C=CC3=O)C(C)C)cc1)[C@@H](O)[C@@H]1CC(C)=CN1C2=O. The number of rotatable bonds is 25. The number of hydrogen-bond donors (Lipinski definition) is 5. The zero-order valence-corrected chi connectivity index (χ0v) is 46.9. The van der Waals surface area contributed by atoms with Crippen molar-refractivity contribution < 1.29 is 67.2 Å². The minimum atomic E-state index is -1.50. The van der Waals surface area contributed by atoms with Crippen LogP contribution in [0, 0.1) is 12.8 Å². The van der Waals surface area contributed by atoms with Gasteiger partial charge in [-0.2, -0.15) is 0 Å². The van der Waals surface area contributed by atoms with Crippen molar-refractivity contribution in [3.63, 3.8) is 0 Å². The van der Waals surface area contributed by atoms with Crippen LogP contribution in [0.4, 0.5) is 16.2 Å². The number of amides is 7. The third-order valence-electron chi connectivity index (χ3n) is 14.6. The number of aliphatic imine (C=N–C) groups is 1. The molecule has 5 atom stereocenters. The van der Waals surface area contributed by atoms with Gasteiger partial charge in [-0.1, -0.05) is 49.3 Å². The molecule has 5 N–H and O–H groups in total. The fraction of sp³-hybridized carbons (Fsp3) is 0.424.